The molecule has 0 radical (unpaired) electrons. The van der Waals surface area contributed by atoms with E-state index in [0.29, 0.717) is 18.9 Å². The van der Waals surface area contributed by atoms with Gasteiger partial charge in [0.15, 0.2) is 6.10 Å². The van der Waals surface area contributed by atoms with Crippen molar-refractivity contribution in [3.05, 3.63) is 76.9 Å². The number of piperidine rings is 1. The van der Waals surface area contributed by atoms with Gasteiger partial charge >= 0.3 is 5.97 Å². The maximum Gasteiger partial charge on any atom is 0.340 e. The van der Waals surface area contributed by atoms with Gasteiger partial charge in [-0.2, -0.15) is 0 Å². The molecule has 2 fully saturated rings. The highest BCUT2D eigenvalue weighted by Crippen LogP contribution is 2.46. The molecular formula is C43H59FN2O4. The van der Waals surface area contributed by atoms with Crippen molar-refractivity contribution >= 4 is 11.7 Å². The molecule has 0 spiro atoms. The van der Waals surface area contributed by atoms with Crippen LogP contribution in [0, 0.1) is 24.1 Å². The Hall–Kier alpha value is -3.45. The fraction of sp³-hybridized carbons (Fsp3) is 0.581. The summed E-state index contributed by atoms with van der Waals surface area (Å²) in [4.78, 5) is 21.9. The summed E-state index contributed by atoms with van der Waals surface area (Å²) >= 11 is 0. The topological polar surface area (TPSA) is 60.9 Å². The number of carbonyl (C=O) groups excluding carboxylic acids is 1. The average molecular weight is 687 g/mol. The number of carbonyl (C=O) groups is 1. The first-order valence-electron chi connectivity index (χ1n) is 18.8. The first-order valence-corrected chi connectivity index (χ1v) is 18.8. The third-order valence-electron chi connectivity index (χ3n) is 10.1. The number of anilines is 1. The second-order valence-corrected chi connectivity index (χ2v) is 16.5. The summed E-state index contributed by atoms with van der Waals surface area (Å²) in [7, 11) is 0. The number of nitrogens with zero attached hydrogens (tertiary/aromatic N) is 2. The maximum atomic E-state index is 14.0. The van der Waals surface area contributed by atoms with Crippen molar-refractivity contribution in [3.8, 4) is 16.9 Å². The summed E-state index contributed by atoms with van der Waals surface area (Å²) in [6.45, 7) is 18.7. The van der Waals surface area contributed by atoms with Crippen LogP contribution in [0.4, 0.5) is 10.1 Å². The van der Waals surface area contributed by atoms with E-state index in [0.717, 1.165) is 77.4 Å². The van der Waals surface area contributed by atoms with Gasteiger partial charge in [-0.1, -0.05) is 70.2 Å². The molecule has 0 amide bonds. The lowest BCUT2D eigenvalue weighted by atomic mass is 9.81. The molecule has 50 heavy (non-hydrogen) atoms. The molecule has 1 saturated heterocycles. The molecule has 6 nitrogen and oxygen atoms in total. The zero-order chi connectivity index (χ0) is 36.1. The Morgan fingerprint density at radius 1 is 0.980 bits per heavy atom. The lowest BCUT2D eigenvalue weighted by molar-refractivity contribution is -0.171. The van der Waals surface area contributed by atoms with Crippen LogP contribution in [0.1, 0.15) is 122 Å². The normalized spacial score (nSPS) is 17.5. The smallest absolute Gasteiger partial charge is 0.340 e. The lowest BCUT2D eigenvalue weighted by Gasteiger charge is -2.41. The molecule has 2 aromatic carbocycles. The zero-order valence-corrected chi connectivity index (χ0v) is 31.7. The van der Waals surface area contributed by atoms with E-state index in [-0.39, 0.29) is 23.3 Å². The van der Waals surface area contributed by atoms with E-state index >= 15 is 0 Å². The number of hydrogen-bond acceptors (Lipinski definition) is 6. The number of hydrogen-bond donors (Lipinski definition) is 0. The van der Waals surface area contributed by atoms with E-state index < -0.39 is 11.7 Å². The third-order valence-corrected chi connectivity index (χ3v) is 10.1. The SMILES string of the molecule is Cc1nc(CC2CCCCC2)c(-c2ccc(OCCc3ccc(F)cc3)cc2)c(N2CCC(C)(C)CC2)c1[C@H](OC(C)(C)C)C(=O)OC(C)C. The Morgan fingerprint density at radius 3 is 2.22 bits per heavy atom. The van der Waals surface area contributed by atoms with Gasteiger partial charge in [-0.05, 0) is 108 Å². The Bertz CT molecular complexity index is 1560. The highest BCUT2D eigenvalue weighted by atomic mass is 19.1. The van der Waals surface area contributed by atoms with Crippen LogP contribution in [0.25, 0.3) is 11.1 Å². The van der Waals surface area contributed by atoms with E-state index in [4.69, 9.17) is 19.2 Å². The van der Waals surface area contributed by atoms with E-state index in [1.165, 1.54) is 44.2 Å². The molecule has 1 aliphatic carbocycles. The van der Waals surface area contributed by atoms with Crippen molar-refractivity contribution in [3.63, 3.8) is 0 Å². The Morgan fingerprint density at radius 2 is 1.62 bits per heavy atom. The minimum Gasteiger partial charge on any atom is -0.493 e. The summed E-state index contributed by atoms with van der Waals surface area (Å²) in [5.74, 6) is 0.743. The van der Waals surface area contributed by atoms with Gasteiger partial charge in [-0.25, -0.2) is 9.18 Å². The van der Waals surface area contributed by atoms with Crippen molar-refractivity contribution in [2.75, 3.05) is 24.6 Å². The molecule has 1 atom stereocenters. The second kappa shape index (κ2) is 16.3. The monoisotopic (exact) mass is 686 g/mol. The van der Waals surface area contributed by atoms with Gasteiger partial charge in [-0.3, -0.25) is 4.98 Å². The van der Waals surface area contributed by atoms with Crippen LogP contribution in [-0.4, -0.2) is 42.4 Å². The van der Waals surface area contributed by atoms with Gasteiger partial charge in [0.25, 0.3) is 0 Å². The van der Waals surface area contributed by atoms with Gasteiger partial charge in [0.05, 0.1) is 29.7 Å². The highest BCUT2D eigenvalue weighted by molar-refractivity contribution is 5.88. The first-order chi connectivity index (χ1) is 23.7. The number of rotatable bonds is 12. The standard InChI is InChI=1S/C43H59FN2O4/c1-29(2)49-41(47)40(50-42(4,5)6)37-30(3)45-36(28-32-12-10-9-11-13-32)38(39(37)46-25-23-43(7,8)24-26-46)33-16-20-35(21-17-33)48-27-22-31-14-18-34(44)19-15-31/h14-21,29,32,40H,9-13,22-28H2,1-8H3/t40-/m0/s1. The predicted molar refractivity (Wildman–Crippen MR) is 200 cm³/mol. The second-order valence-electron chi connectivity index (χ2n) is 16.5. The molecule has 0 unspecified atom stereocenters. The van der Waals surface area contributed by atoms with Crippen LogP contribution in [0.5, 0.6) is 5.75 Å². The first kappa shape index (κ1) is 37.8. The molecule has 2 aliphatic rings. The van der Waals surface area contributed by atoms with E-state index in [9.17, 15) is 9.18 Å². The molecule has 0 N–H and O–H groups in total. The summed E-state index contributed by atoms with van der Waals surface area (Å²) in [6.07, 6.45) is 8.74. The van der Waals surface area contributed by atoms with Crippen molar-refractivity contribution in [1.29, 1.82) is 0 Å². The van der Waals surface area contributed by atoms with Gasteiger partial charge in [-0.15, -0.1) is 0 Å². The van der Waals surface area contributed by atoms with Crippen LogP contribution in [-0.2, 0) is 27.1 Å². The number of pyridine rings is 1. The fourth-order valence-corrected chi connectivity index (χ4v) is 7.38. The van der Waals surface area contributed by atoms with E-state index in [2.05, 4.69) is 30.9 Å². The van der Waals surface area contributed by atoms with Crippen LogP contribution in [0.3, 0.4) is 0 Å². The fourth-order valence-electron chi connectivity index (χ4n) is 7.38. The van der Waals surface area contributed by atoms with Crippen molar-refractivity contribution in [1.82, 2.24) is 4.98 Å². The number of benzene rings is 2. The third kappa shape index (κ3) is 10.1. The van der Waals surface area contributed by atoms with Gasteiger partial charge in [0.2, 0.25) is 0 Å². The predicted octanol–water partition coefficient (Wildman–Crippen LogP) is 10.4. The molecule has 7 heteroatoms. The molecule has 272 valence electrons. The van der Waals surface area contributed by atoms with Crippen LogP contribution >= 0.6 is 0 Å². The molecule has 5 rings (SSSR count). The van der Waals surface area contributed by atoms with Crippen molar-refractivity contribution in [2.45, 2.75) is 131 Å². The molecule has 2 heterocycles. The summed E-state index contributed by atoms with van der Waals surface area (Å²) in [6, 6.07) is 14.9. The molecule has 1 aromatic heterocycles. The summed E-state index contributed by atoms with van der Waals surface area (Å²) < 4.78 is 32.1. The number of aryl methyl sites for hydroxylation is 1. The van der Waals surface area contributed by atoms with Crippen molar-refractivity contribution < 1.29 is 23.4 Å². The van der Waals surface area contributed by atoms with E-state index in [1.54, 1.807) is 12.1 Å². The number of aromatic nitrogens is 1. The van der Waals surface area contributed by atoms with Crippen LogP contribution < -0.4 is 9.64 Å². The molecule has 1 saturated carbocycles. The van der Waals surface area contributed by atoms with Crippen LogP contribution in [0.15, 0.2) is 48.5 Å². The Kier molecular flexibility index (Phi) is 12.3. The molecule has 3 aromatic rings. The Balaban J connectivity index is 1.62. The summed E-state index contributed by atoms with van der Waals surface area (Å²) in [5, 5.41) is 0. The summed E-state index contributed by atoms with van der Waals surface area (Å²) in [5.41, 5.74) is 6.62. The molecular weight excluding hydrogens is 627 g/mol. The van der Waals surface area contributed by atoms with E-state index in [1.807, 2.05) is 53.7 Å². The zero-order valence-electron chi connectivity index (χ0n) is 31.7. The number of esters is 1. The minimum absolute atomic E-state index is 0.234. The molecule has 0 bridgehead atoms. The average Bonchev–Trinajstić information content (AvgIpc) is 3.05. The van der Waals surface area contributed by atoms with Gasteiger partial charge in [0, 0.05) is 36.3 Å². The minimum atomic E-state index is -0.925. The van der Waals surface area contributed by atoms with Crippen LogP contribution in [0.2, 0.25) is 0 Å². The van der Waals surface area contributed by atoms with Gasteiger partial charge < -0.3 is 19.1 Å². The highest BCUT2D eigenvalue weighted by Gasteiger charge is 2.38. The number of ether oxygens (including phenoxy) is 3. The van der Waals surface area contributed by atoms with Gasteiger partial charge in [0.1, 0.15) is 11.6 Å². The lowest BCUT2D eigenvalue weighted by Crippen LogP contribution is -2.40. The molecule has 1 aliphatic heterocycles. The quantitative estimate of drug-likeness (QED) is 0.177. The maximum absolute atomic E-state index is 14.0. The Labute approximate surface area is 300 Å². The largest absolute Gasteiger partial charge is 0.493 e. The number of halogens is 1. The van der Waals surface area contributed by atoms with Crippen molar-refractivity contribution in [2.24, 2.45) is 11.3 Å².